The van der Waals surface area contributed by atoms with Gasteiger partial charge in [0.1, 0.15) is 0 Å². The molecule has 0 amide bonds. The van der Waals surface area contributed by atoms with Gasteiger partial charge in [0.25, 0.3) is 0 Å². The number of hydrogen-bond donors (Lipinski definition) is 1. The van der Waals surface area contributed by atoms with Crippen molar-refractivity contribution in [1.82, 2.24) is 4.90 Å². The molecule has 2 aliphatic rings. The predicted molar refractivity (Wildman–Crippen MR) is 60.9 cm³/mol. The molecule has 0 aromatic rings. The van der Waals surface area contributed by atoms with Crippen LogP contribution < -0.4 is 5.73 Å². The Labute approximate surface area is 93.1 Å². The summed E-state index contributed by atoms with van der Waals surface area (Å²) in [6.45, 7) is 2.59. The van der Waals surface area contributed by atoms with Gasteiger partial charge < -0.3 is 10.6 Å². The third kappa shape index (κ3) is 3.28. The van der Waals surface area contributed by atoms with Gasteiger partial charge in [-0.05, 0) is 38.8 Å². The largest absolute Gasteiger partial charge is 0.328 e. The number of halogens is 2. The summed E-state index contributed by atoms with van der Waals surface area (Å²) in [5.41, 5.74) is 5.92. The van der Waals surface area contributed by atoms with E-state index in [1.54, 1.807) is 0 Å². The second kappa shape index (κ2) is 6.07. The van der Waals surface area contributed by atoms with Gasteiger partial charge in [-0.2, -0.15) is 0 Å². The molecule has 80 valence electrons. The van der Waals surface area contributed by atoms with Crippen molar-refractivity contribution in [1.29, 1.82) is 0 Å². The average Bonchev–Trinajstić information content (AvgIpc) is 2.04. The van der Waals surface area contributed by atoms with Crippen molar-refractivity contribution in [3.63, 3.8) is 0 Å². The second-order valence-electron chi connectivity index (χ2n) is 3.97. The first-order chi connectivity index (χ1) is 5.36. The van der Waals surface area contributed by atoms with Crippen LogP contribution in [0.1, 0.15) is 32.1 Å². The summed E-state index contributed by atoms with van der Waals surface area (Å²) < 4.78 is 0. The Kier molecular flexibility index (Phi) is 6.31. The molecule has 0 aromatic carbocycles. The summed E-state index contributed by atoms with van der Waals surface area (Å²) >= 11 is 0. The van der Waals surface area contributed by atoms with E-state index in [4.69, 9.17) is 5.73 Å². The molecule has 2 heterocycles. The van der Waals surface area contributed by atoms with Crippen LogP contribution in [-0.2, 0) is 0 Å². The molecule has 2 aliphatic heterocycles. The van der Waals surface area contributed by atoms with E-state index in [9.17, 15) is 0 Å². The third-order valence-electron chi connectivity index (χ3n) is 3.11. The molecule has 0 saturated carbocycles. The van der Waals surface area contributed by atoms with Crippen LogP contribution in [0, 0.1) is 0 Å². The van der Waals surface area contributed by atoms with E-state index < -0.39 is 0 Å². The zero-order valence-electron chi connectivity index (χ0n) is 7.95. The quantitative estimate of drug-likeness (QED) is 0.683. The molecule has 0 bridgehead atoms. The van der Waals surface area contributed by atoms with Crippen molar-refractivity contribution < 1.29 is 0 Å². The van der Waals surface area contributed by atoms with Gasteiger partial charge in [0, 0.05) is 12.1 Å². The zero-order valence-corrected chi connectivity index (χ0v) is 9.58. The van der Waals surface area contributed by atoms with Crippen LogP contribution in [0.4, 0.5) is 0 Å². The molecule has 2 atom stereocenters. The lowest BCUT2D eigenvalue weighted by molar-refractivity contribution is 0.0986. The van der Waals surface area contributed by atoms with Gasteiger partial charge in [0.05, 0.1) is 0 Å². The van der Waals surface area contributed by atoms with Crippen molar-refractivity contribution >= 4 is 24.8 Å². The molecule has 2 rings (SSSR count). The maximum Gasteiger partial charge on any atom is 0.0110 e. The molecule has 2 fully saturated rings. The van der Waals surface area contributed by atoms with Gasteiger partial charge in [0.15, 0.2) is 0 Å². The van der Waals surface area contributed by atoms with E-state index in [-0.39, 0.29) is 24.8 Å². The molecule has 13 heavy (non-hydrogen) atoms. The lowest BCUT2D eigenvalue weighted by Crippen LogP contribution is -2.49. The Morgan fingerprint density at radius 2 is 1.77 bits per heavy atom. The maximum atomic E-state index is 5.92. The van der Waals surface area contributed by atoms with Gasteiger partial charge in [-0.25, -0.2) is 0 Å². The van der Waals surface area contributed by atoms with Crippen molar-refractivity contribution in [3.8, 4) is 0 Å². The predicted octanol–water partition coefficient (Wildman–Crippen LogP) is 1.81. The molecule has 0 aliphatic carbocycles. The highest BCUT2D eigenvalue weighted by Crippen LogP contribution is 2.24. The molecule has 2 nitrogen and oxygen atoms in total. The molecule has 0 aromatic heterocycles. The zero-order chi connectivity index (χ0) is 7.68. The van der Waals surface area contributed by atoms with E-state index in [2.05, 4.69) is 4.90 Å². The first-order valence-electron chi connectivity index (χ1n) is 4.86. The molecular weight excluding hydrogens is 207 g/mol. The SMILES string of the molecule is Cl.Cl.NC1CCN2CCCCC2C1. The lowest BCUT2D eigenvalue weighted by Gasteiger charge is -2.41. The first kappa shape index (κ1) is 13.5. The van der Waals surface area contributed by atoms with Crippen LogP contribution in [-0.4, -0.2) is 30.1 Å². The van der Waals surface area contributed by atoms with E-state index in [0.717, 1.165) is 6.04 Å². The second-order valence-corrected chi connectivity index (χ2v) is 3.97. The third-order valence-corrected chi connectivity index (χ3v) is 3.11. The Morgan fingerprint density at radius 1 is 1.00 bits per heavy atom. The van der Waals surface area contributed by atoms with Gasteiger partial charge in [-0.3, -0.25) is 0 Å². The molecule has 0 radical (unpaired) electrons. The Bertz CT molecular complexity index is 144. The summed E-state index contributed by atoms with van der Waals surface area (Å²) in [5, 5.41) is 0. The van der Waals surface area contributed by atoms with Crippen LogP contribution in [0.25, 0.3) is 0 Å². The summed E-state index contributed by atoms with van der Waals surface area (Å²) in [6.07, 6.45) is 6.70. The van der Waals surface area contributed by atoms with Crippen molar-refractivity contribution in [3.05, 3.63) is 0 Å². The highest BCUT2D eigenvalue weighted by atomic mass is 35.5. The molecule has 2 unspecified atom stereocenters. The fraction of sp³-hybridized carbons (Fsp3) is 1.00. The van der Waals surface area contributed by atoms with Crippen LogP contribution >= 0.6 is 24.8 Å². The molecule has 0 spiro atoms. The maximum absolute atomic E-state index is 5.92. The van der Waals surface area contributed by atoms with E-state index in [1.165, 1.54) is 45.2 Å². The highest BCUT2D eigenvalue weighted by Gasteiger charge is 2.27. The standard InChI is InChI=1S/C9H18N2.2ClH/c10-8-4-6-11-5-2-1-3-9(11)7-8;;/h8-9H,1-7,10H2;2*1H. The summed E-state index contributed by atoms with van der Waals surface area (Å²) in [5.74, 6) is 0. The number of fused-ring (bicyclic) bond motifs is 1. The van der Waals surface area contributed by atoms with E-state index >= 15 is 0 Å². The van der Waals surface area contributed by atoms with E-state index in [0.29, 0.717) is 6.04 Å². The number of rotatable bonds is 0. The fourth-order valence-electron chi connectivity index (χ4n) is 2.42. The lowest BCUT2D eigenvalue weighted by atomic mass is 9.91. The highest BCUT2D eigenvalue weighted by molar-refractivity contribution is 5.85. The van der Waals surface area contributed by atoms with Crippen LogP contribution in [0.15, 0.2) is 0 Å². The topological polar surface area (TPSA) is 29.3 Å². The molecular formula is C9H20Cl2N2. The normalized spacial score (nSPS) is 33.9. The summed E-state index contributed by atoms with van der Waals surface area (Å²) in [4.78, 5) is 2.63. The molecule has 4 heteroatoms. The number of hydrogen-bond acceptors (Lipinski definition) is 2. The van der Waals surface area contributed by atoms with Gasteiger partial charge >= 0.3 is 0 Å². The van der Waals surface area contributed by atoms with Crippen molar-refractivity contribution in [2.75, 3.05) is 13.1 Å². The summed E-state index contributed by atoms with van der Waals surface area (Å²) in [6, 6.07) is 1.34. The first-order valence-corrected chi connectivity index (χ1v) is 4.86. The fourth-order valence-corrected chi connectivity index (χ4v) is 2.42. The number of nitrogens with zero attached hydrogens (tertiary/aromatic N) is 1. The van der Waals surface area contributed by atoms with Gasteiger partial charge in [-0.1, -0.05) is 6.42 Å². The van der Waals surface area contributed by atoms with Crippen molar-refractivity contribution in [2.45, 2.75) is 44.2 Å². The van der Waals surface area contributed by atoms with Crippen molar-refractivity contribution in [2.24, 2.45) is 5.73 Å². The van der Waals surface area contributed by atoms with Crippen LogP contribution in [0.3, 0.4) is 0 Å². The Morgan fingerprint density at radius 3 is 2.54 bits per heavy atom. The van der Waals surface area contributed by atoms with Gasteiger partial charge in [-0.15, -0.1) is 24.8 Å². The Balaban J connectivity index is 0.000000720. The van der Waals surface area contributed by atoms with E-state index in [1.807, 2.05) is 0 Å². The monoisotopic (exact) mass is 226 g/mol. The Hall–Kier alpha value is 0.500. The average molecular weight is 227 g/mol. The van der Waals surface area contributed by atoms with Crippen LogP contribution in [0.2, 0.25) is 0 Å². The smallest absolute Gasteiger partial charge is 0.0110 e. The minimum atomic E-state index is 0. The molecule has 2 N–H and O–H groups in total. The number of nitrogens with two attached hydrogens (primary N) is 1. The minimum absolute atomic E-state index is 0. The van der Waals surface area contributed by atoms with Gasteiger partial charge in [0.2, 0.25) is 0 Å². The van der Waals surface area contributed by atoms with Crippen LogP contribution in [0.5, 0.6) is 0 Å². The number of piperidine rings is 2. The minimum Gasteiger partial charge on any atom is -0.328 e. The molecule has 2 saturated heterocycles. The summed E-state index contributed by atoms with van der Waals surface area (Å²) in [7, 11) is 0.